The molecule has 1 saturated carbocycles. The Hall–Kier alpha value is -0.740. The van der Waals surface area contributed by atoms with Gasteiger partial charge in [-0.3, -0.25) is 4.79 Å². The summed E-state index contributed by atoms with van der Waals surface area (Å²) in [6, 6.07) is 5.34. The summed E-state index contributed by atoms with van der Waals surface area (Å²) in [7, 11) is 1.58. The number of hydrogen-bond acceptors (Lipinski definition) is 2. The van der Waals surface area contributed by atoms with Crippen molar-refractivity contribution in [1.82, 2.24) is 5.32 Å². The minimum atomic E-state index is -0.221. The number of nitrogens with one attached hydrogen (secondary N) is 1. The van der Waals surface area contributed by atoms with E-state index in [0.717, 1.165) is 23.7 Å². The molecule has 18 heavy (non-hydrogen) atoms. The van der Waals surface area contributed by atoms with Gasteiger partial charge in [0.05, 0.1) is 18.2 Å². The van der Waals surface area contributed by atoms with Gasteiger partial charge in [0, 0.05) is 10.4 Å². The summed E-state index contributed by atoms with van der Waals surface area (Å²) >= 11 is 9.32. The second-order valence-electron chi connectivity index (χ2n) is 4.57. The Morgan fingerprint density at radius 3 is 2.78 bits per heavy atom. The Kier molecular flexibility index (Phi) is 4.17. The molecule has 0 unspecified atom stereocenters. The van der Waals surface area contributed by atoms with E-state index in [-0.39, 0.29) is 11.4 Å². The van der Waals surface area contributed by atoms with E-state index in [1.54, 1.807) is 13.2 Å². The lowest BCUT2D eigenvalue weighted by Crippen LogP contribution is -2.55. The van der Waals surface area contributed by atoms with Gasteiger partial charge >= 0.3 is 0 Å². The molecule has 1 amide bonds. The molecular formula is C13H15BrClNO2. The van der Waals surface area contributed by atoms with Crippen LogP contribution in [0.3, 0.4) is 0 Å². The Morgan fingerprint density at radius 1 is 1.56 bits per heavy atom. The number of benzene rings is 1. The van der Waals surface area contributed by atoms with Crippen LogP contribution in [0.5, 0.6) is 5.75 Å². The first-order valence-corrected chi connectivity index (χ1v) is 7.15. The van der Waals surface area contributed by atoms with Crippen LogP contribution in [0.1, 0.15) is 29.6 Å². The zero-order valence-corrected chi connectivity index (χ0v) is 12.5. The molecule has 0 saturated heterocycles. The third-order valence-corrected chi connectivity index (χ3v) is 4.57. The van der Waals surface area contributed by atoms with Gasteiger partial charge in [0.15, 0.2) is 0 Å². The summed E-state index contributed by atoms with van der Waals surface area (Å²) in [6.07, 6.45) is 3.01. The lowest BCUT2D eigenvalue weighted by molar-refractivity contribution is 0.0852. The minimum absolute atomic E-state index is 0.110. The molecule has 1 aromatic rings. The standard InChI is InChI=1S/C13H15BrClNO2/c1-18-9-3-4-11(14)10(7-9)12(17)16-13(8-15)5-2-6-13/h3-4,7H,2,5-6,8H2,1H3,(H,16,17). The molecule has 0 heterocycles. The van der Waals surface area contributed by atoms with E-state index in [1.807, 2.05) is 12.1 Å². The second-order valence-corrected chi connectivity index (χ2v) is 5.69. The molecule has 0 spiro atoms. The molecule has 0 radical (unpaired) electrons. The Balaban J connectivity index is 2.18. The van der Waals surface area contributed by atoms with Crippen molar-refractivity contribution >= 4 is 33.4 Å². The van der Waals surface area contributed by atoms with Gasteiger partial charge in [-0.1, -0.05) is 0 Å². The van der Waals surface area contributed by atoms with Crippen molar-refractivity contribution in [2.75, 3.05) is 13.0 Å². The summed E-state index contributed by atoms with van der Waals surface area (Å²) in [6.45, 7) is 0. The zero-order valence-electron chi connectivity index (χ0n) is 10.1. The normalized spacial score (nSPS) is 16.8. The van der Waals surface area contributed by atoms with Crippen LogP contribution in [0.2, 0.25) is 0 Å². The maximum Gasteiger partial charge on any atom is 0.253 e. The Morgan fingerprint density at radius 2 is 2.28 bits per heavy atom. The van der Waals surface area contributed by atoms with Crippen LogP contribution in [0.15, 0.2) is 22.7 Å². The van der Waals surface area contributed by atoms with Gasteiger partial charge in [0.1, 0.15) is 5.75 Å². The summed E-state index contributed by atoms with van der Waals surface area (Å²) in [4.78, 5) is 12.2. The van der Waals surface area contributed by atoms with Gasteiger partial charge in [0.2, 0.25) is 0 Å². The molecule has 0 atom stereocenters. The van der Waals surface area contributed by atoms with Crippen LogP contribution in [-0.2, 0) is 0 Å². The zero-order chi connectivity index (χ0) is 13.2. The second kappa shape index (κ2) is 5.49. The van der Waals surface area contributed by atoms with Gasteiger partial charge < -0.3 is 10.1 Å². The smallest absolute Gasteiger partial charge is 0.253 e. The van der Waals surface area contributed by atoms with E-state index in [2.05, 4.69) is 21.2 Å². The van der Waals surface area contributed by atoms with Crippen molar-refractivity contribution in [3.63, 3.8) is 0 Å². The van der Waals surface area contributed by atoms with Crippen molar-refractivity contribution in [1.29, 1.82) is 0 Å². The maximum absolute atomic E-state index is 12.2. The van der Waals surface area contributed by atoms with Gasteiger partial charge in [-0.25, -0.2) is 0 Å². The third kappa shape index (κ3) is 2.64. The van der Waals surface area contributed by atoms with Gasteiger partial charge in [0.25, 0.3) is 5.91 Å². The number of hydrogen-bond donors (Lipinski definition) is 1. The predicted molar refractivity (Wildman–Crippen MR) is 75.5 cm³/mol. The Labute approximate surface area is 120 Å². The fourth-order valence-electron chi connectivity index (χ4n) is 2.01. The quantitative estimate of drug-likeness (QED) is 0.859. The van der Waals surface area contributed by atoms with Gasteiger partial charge in [-0.05, 0) is 53.4 Å². The molecule has 1 aromatic carbocycles. The van der Waals surface area contributed by atoms with E-state index in [0.29, 0.717) is 17.2 Å². The number of alkyl halides is 1. The van der Waals surface area contributed by atoms with Crippen LogP contribution in [0.25, 0.3) is 0 Å². The lowest BCUT2D eigenvalue weighted by atomic mass is 9.78. The molecule has 1 fully saturated rings. The Bertz CT molecular complexity index is 455. The average Bonchev–Trinajstić information content (AvgIpc) is 2.34. The predicted octanol–water partition coefficient (Wildman–Crippen LogP) is 3.35. The van der Waals surface area contributed by atoms with Crippen LogP contribution in [0.4, 0.5) is 0 Å². The SMILES string of the molecule is COc1ccc(Br)c(C(=O)NC2(CCl)CCC2)c1. The molecule has 1 aliphatic rings. The highest BCUT2D eigenvalue weighted by Crippen LogP contribution is 2.33. The van der Waals surface area contributed by atoms with E-state index < -0.39 is 0 Å². The maximum atomic E-state index is 12.2. The highest BCUT2D eigenvalue weighted by molar-refractivity contribution is 9.10. The highest BCUT2D eigenvalue weighted by Gasteiger charge is 2.37. The molecule has 0 bridgehead atoms. The number of carbonyl (C=O) groups excluding carboxylic acids is 1. The number of carbonyl (C=O) groups is 1. The van der Waals surface area contributed by atoms with E-state index >= 15 is 0 Å². The highest BCUT2D eigenvalue weighted by atomic mass is 79.9. The summed E-state index contributed by atoms with van der Waals surface area (Å²) in [5.41, 5.74) is 0.354. The first-order valence-electron chi connectivity index (χ1n) is 5.82. The van der Waals surface area contributed by atoms with E-state index in [4.69, 9.17) is 16.3 Å². The van der Waals surface area contributed by atoms with Crippen molar-refractivity contribution in [2.45, 2.75) is 24.8 Å². The first kappa shape index (κ1) is 13.7. The molecule has 0 aliphatic heterocycles. The molecule has 98 valence electrons. The van der Waals surface area contributed by atoms with Crippen molar-refractivity contribution in [3.8, 4) is 5.75 Å². The minimum Gasteiger partial charge on any atom is -0.497 e. The fraction of sp³-hybridized carbons (Fsp3) is 0.462. The molecule has 1 N–H and O–H groups in total. The van der Waals surface area contributed by atoms with Crippen LogP contribution in [-0.4, -0.2) is 24.4 Å². The molecule has 1 aliphatic carbocycles. The van der Waals surface area contributed by atoms with Crippen LogP contribution in [0, 0.1) is 0 Å². The van der Waals surface area contributed by atoms with Crippen molar-refractivity contribution in [3.05, 3.63) is 28.2 Å². The average molecular weight is 333 g/mol. The monoisotopic (exact) mass is 331 g/mol. The number of rotatable bonds is 4. The van der Waals surface area contributed by atoms with Crippen LogP contribution >= 0.6 is 27.5 Å². The number of methoxy groups -OCH3 is 1. The largest absolute Gasteiger partial charge is 0.497 e. The van der Waals surface area contributed by atoms with Crippen molar-refractivity contribution < 1.29 is 9.53 Å². The molecule has 0 aromatic heterocycles. The fourth-order valence-corrected chi connectivity index (χ4v) is 2.77. The molecule has 3 nitrogen and oxygen atoms in total. The number of halogens is 2. The van der Waals surface area contributed by atoms with E-state index in [1.165, 1.54) is 0 Å². The van der Waals surface area contributed by atoms with Crippen LogP contribution < -0.4 is 10.1 Å². The number of amides is 1. The molecular weight excluding hydrogens is 318 g/mol. The topological polar surface area (TPSA) is 38.3 Å². The summed E-state index contributed by atoms with van der Waals surface area (Å²) in [5, 5.41) is 3.03. The summed E-state index contributed by atoms with van der Waals surface area (Å²) < 4.78 is 5.88. The summed E-state index contributed by atoms with van der Waals surface area (Å²) in [5.74, 6) is 1.01. The number of ether oxygens (including phenoxy) is 1. The van der Waals surface area contributed by atoms with E-state index in [9.17, 15) is 4.79 Å². The van der Waals surface area contributed by atoms with Crippen molar-refractivity contribution in [2.24, 2.45) is 0 Å². The van der Waals surface area contributed by atoms with Gasteiger partial charge in [-0.2, -0.15) is 0 Å². The first-order chi connectivity index (χ1) is 8.60. The third-order valence-electron chi connectivity index (χ3n) is 3.36. The molecule has 2 rings (SSSR count). The lowest BCUT2D eigenvalue weighted by Gasteiger charge is -2.41. The molecule has 5 heteroatoms. The van der Waals surface area contributed by atoms with Gasteiger partial charge in [-0.15, -0.1) is 11.6 Å².